The first-order valence-corrected chi connectivity index (χ1v) is 13.5. The number of esters is 2. The van der Waals surface area contributed by atoms with Crippen LogP contribution in [-0.2, 0) is 35.0 Å². The van der Waals surface area contributed by atoms with Gasteiger partial charge < -0.3 is 34.2 Å². The Kier molecular flexibility index (Phi) is 14.5. The van der Waals surface area contributed by atoms with Crippen molar-refractivity contribution >= 4 is 24.2 Å². The summed E-state index contributed by atoms with van der Waals surface area (Å²) in [4.78, 5) is 48.9. The summed E-state index contributed by atoms with van der Waals surface area (Å²) in [6, 6.07) is 3.32. The van der Waals surface area contributed by atoms with Crippen LogP contribution in [-0.4, -0.2) is 56.2 Å². The Hall–Kier alpha value is -3.34. The maximum atomic E-state index is 12.5. The highest BCUT2D eigenvalue weighted by atomic mass is 16.7. The molecule has 1 aromatic rings. The molecule has 0 aromatic heterocycles. The van der Waals surface area contributed by atoms with Crippen molar-refractivity contribution in [2.75, 3.05) is 19.8 Å². The van der Waals surface area contributed by atoms with Crippen LogP contribution in [0, 0.1) is 17.3 Å². The zero-order chi connectivity index (χ0) is 30.5. The van der Waals surface area contributed by atoms with Gasteiger partial charge in [-0.2, -0.15) is 0 Å². The maximum absolute atomic E-state index is 12.5. The average molecular weight is 568 g/mol. The van der Waals surface area contributed by atoms with Gasteiger partial charge in [0.25, 0.3) is 0 Å². The number of ether oxygens (including phenoxy) is 6. The number of carbonyl (C=O) groups is 4. The molecule has 1 aromatic carbocycles. The van der Waals surface area contributed by atoms with Gasteiger partial charge in [-0.3, -0.25) is 9.59 Å². The molecule has 0 aliphatic rings. The fourth-order valence-electron chi connectivity index (χ4n) is 2.90. The molecule has 0 saturated heterocycles. The predicted molar refractivity (Wildman–Crippen MR) is 147 cm³/mol. The first-order chi connectivity index (χ1) is 18.6. The molecule has 0 heterocycles. The Morgan fingerprint density at radius 3 is 1.82 bits per heavy atom. The van der Waals surface area contributed by atoms with Gasteiger partial charge in [0.1, 0.15) is 18.8 Å². The molecule has 0 fully saturated rings. The van der Waals surface area contributed by atoms with Crippen molar-refractivity contribution in [2.24, 2.45) is 23.0 Å². The van der Waals surface area contributed by atoms with E-state index in [4.69, 9.17) is 34.2 Å². The molecular weight excluding hydrogens is 522 g/mol. The molecule has 40 heavy (non-hydrogen) atoms. The topological polar surface area (TPSA) is 150 Å². The van der Waals surface area contributed by atoms with E-state index in [2.05, 4.69) is 0 Å². The zero-order valence-electron chi connectivity index (χ0n) is 24.9. The summed E-state index contributed by atoms with van der Waals surface area (Å²) in [6.07, 6.45) is -1.31. The molecule has 2 atom stereocenters. The lowest BCUT2D eigenvalue weighted by Crippen LogP contribution is -2.37. The largest absolute Gasteiger partial charge is 0.513 e. The highest BCUT2D eigenvalue weighted by Crippen LogP contribution is 2.30. The average Bonchev–Trinajstić information content (AvgIpc) is 2.82. The molecule has 0 bridgehead atoms. The third-order valence-corrected chi connectivity index (χ3v) is 5.36. The van der Waals surface area contributed by atoms with Crippen molar-refractivity contribution in [1.82, 2.24) is 0 Å². The van der Waals surface area contributed by atoms with Gasteiger partial charge in [0.2, 0.25) is 0 Å². The Balaban J connectivity index is 2.89. The summed E-state index contributed by atoms with van der Waals surface area (Å²) in [5, 5.41) is 0. The van der Waals surface area contributed by atoms with Gasteiger partial charge in [-0.15, -0.1) is 0 Å². The van der Waals surface area contributed by atoms with E-state index in [0.717, 1.165) is 0 Å². The van der Waals surface area contributed by atoms with E-state index in [1.807, 2.05) is 27.7 Å². The maximum Gasteiger partial charge on any atom is 0.513 e. The molecule has 0 amide bonds. The molecule has 11 heteroatoms. The predicted octanol–water partition coefficient (Wildman–Crippen LogP) is 5.20. The fraction of sp³-hybridized carbons (Fsp3) is 0.655. The van der Waals surface area contributed by atoms with Crippen LogP contribution in [0.25, 0.3) is 0 Å². The third kappa shape index (κ3) is 14.2. The summed E-state index contributed by atoms with van der Waals surface area (Å²) in [5.74, 6) is -0.625. The quantitative estimate of drug-likeness (QED) is 0.179. The number of benzene rings is 1. The van der Waals surface area contributed by atoms with Crippen LogP contribution in [0.1, 0.15) is 73.8 Å². The molecular formula is C29H45NO10. The zero-order valence-corrected chi connectivity index (χ0v) is 24.9. The molecule has 0 aliphatic carbocycles. The van der Waals surface area contributed by atoms with E-state index in [1.165, 1.54) is 12.1 Å². The van der Waals surface area contributed by atoms with Gasteiger partial charge in [0.05, 0.1) is 18.6 Å². The second kappa shape index (κ2) is 16.7. The molecule has 0 spiro atoms. The number of rotatable bonds is 14. The Labute approximate surface area is 236 Å². The summed E-state index contributed by atoms with van der Waals surface area (Å²) >= 11 is 0. The van der Waals surface area contributed by atoms with Gasteiger partial charge in [-0.05, 0) is 76.5 Å². The minimum absolute atomic E-state index is 0.0191. The molecule has 0 aliphatic heterocycles. The van der Waals surface area contributed by atoms with Crippen LogP contribution < -0.4 is 15.2 Å². The molecule has 0 unspecified atom stereocenters. The molecule has 0 radical (unpaired) electrons. The lowest BCUT2D eigenvalue weighted by molar-refractivity contribution is -0.163. The minimum Gasteiger partial charge on any atom is -0.461 e. The van der Waals surface area contributed by atoms with Crippen molar-refractivity contribution < 1.29 is 47.6 Å². The van der Waals surface area contributed by atoms with Crippen LogP contribution in [0.2, 0.25) is 0 Å². The Morgan fingerprint density at radius 1 is 0.800 bits per heavy atom. The van der Waals surface area contributed by atoms with Gasteiger partial charge in [0.15, 0.2) is 11.5 Å². The Morgan fingerprint density at radius 2 is 1.32 bits per heavy atom. The Bertz CT molecular complexity index is 984. The molecule has 1 rings (SSSR count). The number of carbonyl (C=O) groups excluding carboxylic acids is 4. The molecule has 226 valence electrons. The summed E-state index contributed by atoms with van der Waals surface area (Å²) in [5.41, 5.74) is 5.87. The third-order valence-electron chi connectivity index (χ3n) is 5.36. The smallest absolute Gasteiger partial charge is 0.461 e. The molecule has 2 N–H and O–H groups in total. The van der Waals surface area contributed by atoms with Crippen molar-refractivity contribution in [2.45, 2.75) is 86.8 Å². The number of hydrogen-bond donors (Lipinski definition) is 1. The second-order valence-corrected chi connectivity index (χ2v) is 11.5. The number of nitrogens with two attached hydrogens (primary N) is 1. The van der Waals surface area contributed by atoms with Crippen molar-refractivity contribution in [3.63, 3.8) is 0 Å². The summed E-state index contributed by atoms with van der Waals surface area (Å²) in [6.45, 7) is 14.9. The van der Waals surface area contributed by atoms with Crippen LogP contribution in [0.3, 0.4) is 0 Å². The lowest BCUT2D eigenvalue weighted by atomic mass is 9.97. The number of hydrogen-bond acceptors (Lipinski definition) is 11. The van der Waals surface area contributed by atoms with Gasteiger partial charge >= 0.3 is 24.2 Å². The lowest BCUT2D eigenvalue weighted by Gasteiger charge is -2.20. The van der Waals surface area contributed by atoms with Crippen molar-refractivity contribution in [3.05, 3.63) is 23.8 Å². The highest BCUT2D eigenvalue weighted by Gasteiger charge is 2.25. The molecule has 0 saturated carbocycles. The van der Waals surface area contributed by atoms with Crippen molar-refractivity contribution in [1.29, 1.82) is 0 Å². The standard InChI is InChI=1S/C29H45NO10/c1-18(2)11-13-35-27(33)39-23-10-9-21(16-24(23)40-28(34)36-14-12-19(3)4)15-22(30)25(31)38-20(5)17-37-26(32)29(6,7)8/h9-10,16,18-20,22H,11-15,17,30H2,1-8H3/t20-,22-/m0/s1. The van der Waals surface area contributed by atoms with E-state index in [9.17, 15) is 19.2 Å². The van der Waals surface area contributed by atoms with Gasteiger partial charge in [-0.1, -0.05) is 33.8 Å². The summed E-state index contributed by atoms with van der Waals surface area (Å²) in [7, 11) is 0. The normalized spacial score (nSPS) is 12.9. The van der Waals surface area contributed by atoms with Crippen LogP contribution in [0.15, 0.2) is 18.2 Å². The van der Waals surface area contributed by atoms with Crippen molar-refractivity contribution in [3.8, 4) is 11.5 Å². The summed E-state index contributed by atoms with van der Waals surface area (Å²) < 4.78 is 31.2. The minimum atomic E-state index is -1.07. The first-order valence-electron chi connectivity index (χ1n) is 13.5. The fourth-order valence-corrected chi connectivity index (χ4v) is 2.90. The highest BCUT2D eigenvalue weighted by molar-refractivity contribution is 5.77. The second-order valence-electron chi connectivity index (χ2n) is 11.5. The monoisotopic (exact) mass is 567 g/mol. The van der Waals surface area contributed by atoms with E-state index in [1.54, 1.807) is 33.8 Å². The van der Waals surface area contributed by atoms with Gasteiger partial charge in [-0.25, -0.2) is 9.59 Å². The van der Waals surface area contributed by atoms with E-state index < -0.39 is 41.8 Å². The van der Waals surface area contributed by atoms with Gasteiger partial charge in [0, 0.05) is 0 Å². The van der Waals surface area contributed by atoms with Crippen LogP contribution in [0.4, 0.5) is 9.59 Å². The molecule has 11 nitrogen and oxygen atoms in total. The van der Waals surface area contributed by atoms with Crippen LogP contribution >= 0.6 is 0 Å². The van der Waals surface area contributed by atoms with E-state index in [0.29, 0.717) is 30.2 Å². The van der Waals surface area contributed by atoms with E-state index in [-0.39, 0.29) is 37.7 Å². The van der Waals surface area contributed by atoms with E-state index >= 15 is 0 Å². The first kappa shape index (κ1) is 34.7. The SMILES string of the molecule is CC(C)CCOC(=O)Oc1ccc(C[C@H](N)C(=O)O[C@@H](C)COC(=O)C(C)(C)C)cc1OC(=O)OCCC(C)C. The van der Waals surface area contributed by atoms with Crippen LogP contribution in [0.5, 0.6) is 11.5 Å².